The van der Waals surface area contributed by atoms with E-state index in [4.69, 9.17) is 4.74 Å². The SMILES string of the molecule is C[C@@H]1[C@@H](N[S+]([O-])C2(F)CC2)CCCN(C(=O)OC(C)(C)C)[C@H]1Cc1cccc(Br)c1F. The lowest BCUT2D eigenvalue weighted by Crippen LogP contribution is -2.52. The zero-order valence-corrected chi connectivity index (χ0v) is 20.8. The highest BCUT2D eigenvalue weighted by Gasteiger charge is 2.57. The second kappa shape index (κ2) is 9.53. The van der Waals surface area contributed by atoms with Crippen molar-refractivity contribution in [3.63, 3.8) is 0 Å². The smallest absolute Gasteiger partial charge is 0.410 e. The number of nitrogens with zero attached hydrogens (tertiary/aromatic N) is 1. The lowest BCUT2D eigenvalue weighted by Gasteiger charge is -2.37. The summed E-state index contributed by atoms with van der Waals surface area (Å²) in [6, 6.07) is 4.43. The molecule has 4 atom stereocenters. The van der Waals surface area contributed by atoms with E-state index in [0.717, 1.165) is 0 Å². The van der Waals surface area contributed by atoms with Crippen LogP contribution in [0.2, 0.25) is 0 Å². The van der Waals surface area contributed by atoms with Gasteiger partial charge in [-0.05, 0) is 73.5 Å². The van der Waals surface area contributed by atoms with Gasteiger partial charge in [-0.2, -0.15) is 4.39 Å². The summed E-state index contributed by atoms with van der Waals surface area (Å²) in [5, 5.41) is -1.65. The fourth-order valence-corrected chi connectivity index (χ4v) is 5.63. The fraction of sp³-hybridized carbons (Fsp3) is 0.682. The van der Waals surface area contributed by atoms with Crippen molar-refractivity contribution < 1.29 is 22.9 Å². The van der Waals surface area contributed by atoms with E-state index in [0.29, 0.717) is 42.3 Å². The topological polar surface area (TPSA) is 64.6 Å². The van der Waals surface area contributed by atoms with Gasteiger partial charge in [0.1, 0.15) is 11.4 Å². The van der Waals surface area contributed by atoms with Crippen LogP contribution >= 0.6 is 15.9 Å². The number of nitrogens with one attached hydrogen (secondary N) is 1. The molecule has 9 heteroatoms. The van der Waals surface area contributed by atoms with E-state index in [-0.39, 0.29) is 24.2 Å². The maximum absolute atomic E-state index is 14.8. The Morgan fingerprint density at radius 3 is 2.71 bits per heavy atom. The zero-order valence-electron chi connectivity index (χ0n) is 18.4. The molecule has 0 bridgehead atoms. The monoisotopic (exact) mass is 520 g/mol. The van der Waals surface area contributed by atoms with Gasteiger partial charge in [0.05, 0.1) is 21.9 Å². The molecule has 2 fully saturated rings. The Balaban J connectivity index is 1.87. The molecule has 3 rings (SSSR count). The first-order valence-electron chi connectivity index (χ1n) is 10.7. The summed E-state index contributed by atoms with van der Waals surface area (Å²) in [6.07, 6.45) is 1.70. The first kappa shape index (κ1) is 24.7. The Morgan fingerprint density at radius 1 is 1.42 bits per heavy atom. The van der Waals surface area contributed by atoms with Crippen molar-refractivity contribution >= 4 is 33.4 Å². The number of amides is 1. The van der Waals surface area contributed by atoms with Crippen molar-refractivity contribution in [2.75, 3.05) is 6.54 Å². The van der Waals surface area contributed by atoms with Gasteiger partial charge in [-0.3, -0.25) is 0 Å². The molecule has 5 nitrogen and oxygen atoms in total. The maximum Gasteiger partial charge on any atom is 0.410 e. The minimum absolute atomic E-state index is 0.195. The highest BCUT2D eigenvalue weighted by atomic mass is 79.9. The Morgan fingerprint density at radius 2 is 2.10 bits per heavy atom. The number of carbonyl (C=O) groups is 1. The van der Waals surface area contributed by atoms with Gasteiger partial charge in [0.15, 0.2) is 0 Å². The highest BCUT2D eigenvalue weighted by Crippen LogP contribution is 2.45. The minimum Gasteiger partial charge on any atom is -0.595 e. The molecule has 1 heterocycles. The molecule has 1 saturated heterocycles. The summed E-state index contributed by atoms with van der Waals surface area (Å²) in [7, 11) is 0. The van der Waals surface area contributed by atoms with Crippen LogP contribution in [0, 0.1) is 11.7 Å². The maximum atomic E-state index is 14.8. The van der Waals surface area contributed by atoms with Crippen molar-refractivity contribution in [1.82, 2.24) is 9.62 Å². The van der Waals surface area contributed by atoms with Gasteiger partial charge in [-0.15, -0.1) is 4.72 Å². The van der Waals surface area contributed by atoms with Crippen LogP contribution in [-0.4, -0.2) is 44.8 Å². The number of carbonyl (C=O) groups excluding carboxylic acids is 1. The number of rotatable bonds is 5. The third-order valence-electron chi connectivity index (χ3n) is 5.88. The summed E-state index contributed by atoms with van der Waals surface area (Å²) in [6.45, 7) is 7.79. The second-order valence-corrected chi connectivity index (χ2v) is 11.9. The standard InChI is InChI=1S/C22H31BrF2N2O3S/c1-14-17(26-31(29)22(25)10-11-22)9-6-12-27(20(28)30-21(2,3)4)18(14)13-15-7-5-8-16(23)19(15)24/h5,7-8,14,17-18,26H,6,9-13H2,1-4H3/t14-,17+,18+,31?/m1/s1. The predicted octanol–water partition coefficient (Wildman–Crippen LogP) is 5.25. The van der Waals surface area contributed by atoms with Crippen LogP contribution < -0.4 is 4.72 Å². The second-order valence-electron chi connectivity index (χ2n) is 9.54. The van der Waals surface area contributed by atoms with E-state index in [1.54, 1.807) is 43.9 Å². The van der Waals surface area contributed by atoms with Gasteiger partial charge < -0.3 is 14.2 Å². The average Bonchev–Trinajstić information content (AvgIpc) is 3.44. The molecule has 1 saturated carbocycles. The fourth-order valence-electron chi connectivity index (χ4n) is 3.93. The van der Waals surface area contributed by atoms with E-state index in [1.165, 1.54) is 0 Å². The molecule has 174 valence electrons. The molecular formula is C22H31BrF2N2O3S. The number of likely N-dealkylation sites (tertiary alicyclic amines) is 1. The van der Waals surface area contributed by atoms with E-state index in [2.05, 4.69) is 20.7 Å². The molecule has 1 amide bonds. The van der Waals surface area contributed by atoms with Gasteiger partial charge in [-0.1, -0.05) is 19.1 Å². The van der Waals surface area contributed by atoms with Gasteiger partial charge in [0.25, 0.3) is 5.00 Å². The molecule has 1 unspecified atom stereocenters. The Kier molecular flexibility index (Phi) is 7.61. The molecular weight excluding hydrogens is 490 g/mol. The van der Waals surface area contributed by atoms with Crippen molar-refractivity contribution in [1.29, 1.82) is 0 Å². The number of alkyl halides is 1. The molecule has 1 aromatic rings. The third kappa shape index (κ3) is 6.12. The molecule has 0 radical (unpaired) electrons. The van der Waals surface area contributed by atoms with Crippen LogP contribution in [0.4, 0.5) is 13.6 Å². The van der Waals surface area contributed by atoms with Crippen molar-refractivity contribution in [3.8, 4) is 0 Å². The molecule has 2 aliphatic rings. The third-order valence-corrected chi connectivity index (χ3v) is 8.08. The Bertz CT molecular complexity index is 803. The van der Waals surface area contributed by atoms with Crippen LogP contribution in [0.5, 0.6) is 0 Å². The molecule has 1 N–H and O–H groups in total. The first-order valence-corrected chi connectivity index (χ1v) is 12.6. The van der Waals surface area contributed by atoms with Crippen LogP contribution in [0.25, 0.3) is 0 Å². The van der Waals surface area contributed by atoms with Crippen LogP contribution in [0.15, 0.2) is 22.7 Å². The Labute approximate surface area is 194 Å². The summed E-state index contributed by atoms with van der Waals surface area (Å²) in [5.41, 5.74) is -0.185. The number of hydrogen-bond donors (Lipinski definition) is 1. The number of benzene rings is 1. The van der Waals surface area contributed by atoms with Crippen LogP contribution in [0.1, 0.15) is 58.9 Å². The average molecular weight is 521 g/mol. The van der Waals surface area contributed by atoms with E-state index in [9.17, 15) is 18.1 Å². The predicted molar refractivity (Wildman–Crippen MR) is 121 cm³/mol. The normalized spacial score (nSPS) is 26.8. The largest absolute Gasteiger partial charge is 0.595 e. The first-order chi connectivity index (χ1) is 14.4. The summed E-state index contributed by atoms with van der Waals surface area (Å²) in [4.78, 5) is 14.7. The number of ether oxygens (including phenoxy) is 1. The minimum atomic E-state index is -1.79. The summed E-state index contributed by atoms with van der Waals surface area (Å²) >= 11 is 1.43. The van der Waals surface area contributed by atoms with Gasteiger partial charge in [-0.25, -0.2) is 9.18 Å². The molecule has 0 spiro atoms. The molecule has 1 aromatic carbocycles. The summed E-state index contributed by atoms with van der Waals surface area (Å²) in [5.74, 6) is -0.559. The number of halogens is 3. The zero-order chi connectivity index (χ0) is 23.0. The Hall–Kier alpha value is -0.900. The van der Waals surface area contributed by atoms with Gasteiger partial charge >= 0.3 is 6.09 Å². The van der Waals surface area contributed by atoms with Crippen molar-refractivity contribution in [2.45, 2.75) is 82.5 Å². The van der Waals surface area contributed by atoms with Gasteiger partial charge in [0.2, 0.25) is 0 Å². The van der Waals surface area contributed by atoms with Gasteiger partial charge in [0, 0.05) is 25.4 Å². The van der Waals surface area contributed by atoms with E-state index < -0.39 is 34.1 Å². The van der Waals surface area contributed by atoms with E-state index >= 15 is 0 Å². The molecule has 1 aliphatic carbocycles. The molecule has 31 heavy (non-hydrogen) atoms. The number of hydrogen-bond acceptors (Lipinski definition) is 4. The van der Waals surface area contributed by atoms with Crippen LogP contribution in [0.3, 0.4) is 0 Å². The van der Waals surface area contributed by atoms with Crippen molar-refractivity contribution in [3.05, 3.63) is 34.1 Å². The highest BCUT2D eigenvalue weighted by molar-refractivity contribution is 9.10. The summed E-state index contributed by atoms with van der Waals surface area (Å²) < 4.78 is 50.5. The lowest BCUT2D eigenvalue weighted by molar-refractivity contribution is 0.0117. The quantitative estimate of drug-likeness (QED) is 0.538. The van der Waals surface area contributed by atoms with E-state index in [1.807, 2.05) is 6.92 Å². The van der Waals surface area contributed by atoms with Crippen molar-refractivity contribution in [2.24, 2.45) is 5.92 Å². The van der Waals surface area contributed by atoms with Crippen LogP contribution in [-0.2, 0) is 22.5 Å². The molecule has 0 aromatic heterocycles. The lowest BCUT2D eigenvalue weighted by atomic mass is 9.88. The molecule has 1 aliphatic heterocycles.